The number of nitrogens with two attached hydrogens (primary N) is 1. The van der Waals surface area contributed by atoms with E-state index in [0.717, 1.165) is 10.0 Å². The van der Waals surface area contributed by atoms with E-state index in [-0.39, 0.29) is 11.2 Å². The van der Waals surface area contributed by atoms with Crippen LogP contribution < -0.4 is 10.5 Å². The zero-order chi connectivity index (χ0) is 12.5. The lowest BCUT2D eigenvalue weighted by Crippen LogP contribution is -2.18. The molecule has 0 aromatic heterocycles. The molecule has 0 saturated heterocycles. The fourth-order valence-corrected chi connectivity index (χ4v) is 2.16. The quantitative estimate of drug-likeness (QED) is 0.856. The van der Waals surface area contributed by atoms with Gasteiger partial charge in [0.2, 0.25) is 0 Å². The molecule has 88 valence electrons. The van der Waals surface area contributed by atoms with Crippen LogP contribution in [0, 0.1) is 0 Å². The molecule has 5 heteroatoms. The van der Waals surface area contributed by atoms with Crippen LogP contribution in [0.4, 0.5) is 4.79 Å². The molecular weight excluding hydrogens is 293 g/mol. The lowest BCUT2D eigenvalue weighted by Gasteiger charge is -2.22. The summed E-state index contributed by atoms with van der Waals surface area (Å²) in [4.78, 5) is 10.7. The summed E-state index contributed by atoms with van der Waals surface area (Å²) in [6.45, 7) is 6.07. The second kappa shape index (κ2) is 4.63. The van der Waals surface area contributed by atoms with E-state index in [9.17, 15) is 4.79 Å². The fraction of sp³-hybridized carbons (Fsp3) is 0.364. The standard InChI is InChI=1S/C11H13BrClNO2/c1-11(2,3)7-4-6(12)5-8(9(7)13)16-10(14)15/h4-5H,1-3H3,(H2,14,15). The molecule has 0 spiro atoms. The molecule has 0 atom stereocenters. The highest BCUT2D eigenvalue weighted by atomic mass is 79.9. The van der Waals surface area contributed by atoms with Crippen LogP contribution in [-0.2, 0) is 5.41 Å². The Hall–Kier alpha value is -0.740. The van der Waals surface area contributed by atoms with Crippen LogP contribution in [0.25, 0.3) is 0 Å². The van der Waals surface area contributed by atoms with E-state index < -0.39 is 6.09 Å². The van der Waals surface area contributed by atoms with Crippen LogP contribution in [-0.4, -0.2) is 6.09 Å². The SMILES string of the molecule is CC(C)(C)c1cc(Br)cc(OC(N)=O)c1Cl. The maximum absolute atomic E-state index is 10.7. The van der Waals surface area contributed by atoms with Gasteiger partial charge in [0, 0.05) is 4.47 Å². The second-order valence-corrected chi connectivity index (χ2v) is 5.73. The third-order valence-electron chi connectivity index (χ3n) is 2.02. The van der Waals surface area contributed by atoms with Crippen molar-refractivity contribution in [3.63, 3.8) is 0 Å². The summed E-state index contributed by atoms with van der Waals surface area (Å²) in [7, 11) is 0. The number of primary amides is 1. The summed E-state index contributed by atoms with van der Waals surface area (Å²) in [5.74, 6) is 0.272. The number of amides is 1. The van der Waals surface area contributed by atoms with Gasteiger partial charge >= 0.3 is 6.09 Å². The highest BCUT2D eigenvalue weighted by Crippen LogP contribution is 2.38. The second-order valence-electron chi connectivity index (χ2n) is 4.44. The van der Waals surface area contributed by atoms with Crippen molar-refractivity contribution in [3.8, 4) is 5.75 Å². The van der Waals surface area contributed by atoms with Gasteiger partial charge in [-0.2, -0.15) is 0 Å². The first-order valence-corrected chi connectivity index (χ1v) is 5.85. The lowest BCUT2D eigenvalue weighted by atomic mass is 9.87. The molecule has 1 rings (SSSR count). The van der Waals surface area contributed by atoms with Crippen LogP contribution in [0.2, 0.25) is 5.02 Å². The predicted octanol–water partition coefficient (Wildman–Crippen LogP) is 3.86. The topological polar surface area (TPSA) is 52.3 Å². The Morgan fingerprint density at radius 1 is 1.44 bits per heavy atom. The molecule has 0 aliphatic rings. The molecule has 1 aromatic carbocycles. The maximum Gasteiger partial charge on any atom is 0.410 e. The largest absolute Gasteiger partial charge is 0.410 e. The van der Waals surface area contributed by atoms with Crippen molar-refractivity contribution >= 4 is 33.6 Å². The van der Waals surface area contributed by atoms with Crippen LogP contribution in [0.1, 0.15) is 26.3 Å². The molecule has 0 unspecified atom stereocenters. The third-order valence-corrected chi connectivity index (χ3v) is 2.87. The Kier molecular flexibility index (Phi) is 3.86. The predicted molar refractivity (Wildman–Crippen MR) is 68.1 cm³/mol. The van der Waals surface area contributed by atoms with Crippen LogP contribution in [0.15, 0.2) is 16.6 Å². The molecule has 1 amide bonds. The van der Waals surface area contributed by atoms with Gasteiger partial charge in [-0.15, -0.1) is 0 Å². The molecule has 0 bridgehead atoms. The number of benzene rings is 1. The van der Waals surface area contributed by atoms with Crippen molar-refractivity contribution in [1.29, 1.82) is 0 Å². The van der Waals surface area contributed by atoms with Crippen LogP contribution in [0.5, 0.6) is 5.75 Å². The summed E-state index contributed by atoms with van der Waals surface area (Å²) in [5, 5.41) is 0.412. The number of ether oxygens (including phenoxy) is 1. The Balaban J connectivity index is 3.32. The summed E-state index contributed by atoms with van der Waals surface area (Å²) in [6.07, 6.45) is -0.875. The van der Waals surface area contributed by atoms with Gasteiger partial charge in [0.05, 0.1) is 5.02 Å². The normalized spacial score (nSPS) is 11.3. The molecule has 0 fully saturated rings. The van der Waals surface area contributed by atoms with Gasteiger partial charge in [0.15, 0.2) is 5.75 Å². The van der Waals surface area contributed by atoms with Crippen molar-refractivity contribution in [2.45, 2.75) is 26.2 Å². The number of hydrogen-bond donors (Lipinski definition) is 1. The molecule has 3 nitrogen and oxygen atoms in total. The average Bonchev–Trinajstić information content (AvgIpc) is 2.07. The van der Waals surface area contributed by atoms with Gasteiger partial charge in [0.25, 0.3) is 0 Å². The molecule has 0 saturated carbocycles. The number of carbonyl (C=O) groups is 1. The van der Waals surface area contributed by atoms with E-state index in [1.807, 2.05) is 26.8 Å². The third kappa shape index (κ3) is 3.12. The number of rotatable bonds is 1. The van der Waals surface area contributed by atoms with Gasteiger partial charge in [-0.25, -0.2) is 4.79 Å². The summed E-state index contributed by atoms with van der Waals surface area (Å²) in [5.41, 5.74) is 5.71. The molecule has 16 heavy (non-hydrogen) atoms. The minimum absolute atomic E-state index is 0.142. The van der Waals surface area contributed by atoms with E-state index in [1.165, 1.54) is 0 Å². The molecule has 0 aliphatic heterocycles. The molecular formula is C11H13BrClNO2. The Morgan fingerprint density at radius 3 is 2.44 bits per heavy atom. The van der Waals surface area contributed by atoms with Crippen LogP contribution >= 0.6 is 27.5 Å². The lowest BCUT2D eigenvalue weighted by molar-refractivity contribution is 0.211. The summed E-state index contributed by atoms with van der Waals surface area (Å²) in [6, 6.07) is 3.51. The van der Waals surface area contributed by atoms with Crippen molar-refractivity contribution in [3.05, 3.63) is 27.2 Å². The Morgan fingerprint density at radius 2 is 2.00 bits per heavy atom. The summed E-state index contributed by atoms with van der Waals surface area (Å²) < 4.78 is 5.63. The summed E-state index contributed by atoms with van der Waals surface area (Å²) >= 11 is 9.49. The zero-order valence-electron chi connectivity index (χ0n) is 9.30. The van der Waals surface area contributed by atoms with Crippen molar-refractivity contribution in [1.82, 2.24) is 0 Å². The van der Waals surface area contributed by atoms with E-state index in [2.05, 4.69) is 15.9 Å². The smallest absolute Gasteiger partial charge is 0.409 e. The van der Waals surface area contributed by atoms with Gasteiger partial charge in [-0.3, -0.25) is 0 Å². The molecule has 0 aliphatic carbocycles. The van der Waals surface area contributed by atoms with E-state index >= 15 is 0 Å². The number of carbonyl (C=O) groups excluding carboxylic acids is 1. The first kappa shape index (κ1) is 13.3. The van der Waals surface area contributed by atoms with Gasteiger partial charge in [-0.05, 0) is 23.1 Å². The van der Waals surface area contributed by atoms with Gasteiger partial charge in [0.1, 0.15) is 0 Å². The monoisotopic (exact) mass is 305 g/mol. The van der Waals surface area contributed by atoms with Crippen LogP contribution in [0.3, 0.4) is 0 Å². The molecule has 1 aromatic rings. The first-order valence-electron chi connectivity index (χ1n) is 4.68. The average molecular weight is 307 g/mol. The minimum atomic E-state index is -0.875. The van der Waals surface area contributed by atoms with E-state index in [4.69, 9.17) is 22.1 Å². The van der Waals surface area contributed by atoms with Crippen molar-refractivity contribution < 1.29 is 9.53 Å². The Bertz CT molecular complexity index is 427. The molecule has 0 radical (unpaired) electrons. The van der Waals surface area contributed by atoms with Gasteiger partial charge in [-0.1, -0.05) is 48.3 Å². The number of hydrogen-bond acceptors (Lipinski definition) is 2. The number of halogens is 2. The fourth-order valence-electron chi connectivity index (χ4n) is 1.29. The highest BCUT2D eigenvalue weighted by Gasteiger charge is 2.21. The van der Waals surface area contributed by atoms with E-state index in [1.54, 1.807) is 6.07 Å². The molecule has 2 N–H and O–H groups in total. The molecule has 0 heterocycles. The van der Waals surface area contributed by atoms with Gasteiger partial charge < -0.3 is 10.5 Å². The van der Waals surface area contributed by atoms with Crippen molar-refractivity contribution in [2.75, 3.05) is 0 Å². The maximum atomic E-state index is 10.7. The Labute approximate surface area is 108 Å². The van der Waals surface area contributed by atoms with E-state index in [0.29, 0.717) is 5.02 Å². The minimum Gasteiger partial charge on any atom is -0.409 e. The highest BCUT2D eigenvalue weighted by molar-refractivity contribution is 9.10. The first-order chi connectivity index (χ1) is 7.21. The van der Waals surface area contributed by atoms with Crippen molar-refractivity contribution in [2.24, 2.45) is 5.73 Å². The zero-order valence-corrected chi connectivity index (χ0v) is 11.6.